The lowest BCUT2D eigenvalue weighted by Crippen LogP contribution is -2.18. The summed E-state index contributed by atoms with van der Waals surface area (Å²) in [4.78, 5) is 4.36. The minimum absolute atomic E-state index is 0.651. The van der Waals surface area contributed by atoms with Gasteiger partial charge in [0.1, 0.15) is 5.75 Å². The summed E-state index contributed by atoms with van der Waals surface area (Å²) in [6.45, 7) is 1.53. The molecule has 2 aliphatic carbocycles. The number of nitrogens with zero attached hydrogens (tertiary/aromatic N) is 1. The molecule has 3 unspecified atom stereocenters. The third kappa shape index (κ3) is 2.51. The standard InChI is InChI=1S/C15H22N2O/c16-6-5-14-3-4-15(9-17-14)18-10-13-8-11-1-2-12(13)7-11/h3-4,9,11-13H,1-2,5-8,10,16H2. The highest BCUT2D eigenvalue weighted by Gasteiger charge is 2.39. The van der Waals surface area contributed by atoms with Crippen LogP contribution in [-0.4, -0.2) is 18.1 Å². The van der Waals surface area contributed by atoms with Crippen LogP contribution in [0.4, 0.5) is 0 Å². The lowest BCUT2D eigenvalue weighted by atomic mass is 9.90. The van der Waals surface area contributed by atoms with Crippen molar-refractivity contribution in [2.24, 2.45) is 23.5 Å². The lowest BCUT2D eigenvalue weighted by molar-refractivity contribution is 0.194. The Labute approximate surface area is 109 Å². The molecule has 1 aromatic heterocycles. The molecule has 2 aliphatic rings. The number of hydrogen-bond donors (Lipinski definition) is 1. The minimum Gasteiger partial charge on any atom is -0.492 e. The average molecular weight is 246 g/mol. The van der Waals surface area contributed by atoms with Crippen molar-refractivity contribution < 1.29 is 4.74 Å². The fourth-order valence-corrected chi connectivity index (χ4v) is 3.58. The van der Waals surface area contributed by atoms with Crippen LogP contribution in [0.3, 0.4) is 0 Å². The predicted octanol–water partition coefficient (Wildman–Crippen LogP) is 2.40. The molecule has 0 spiro atoms. The molecule has 0 aliphatic heterocycles. The first kappa shape index (κ1) is 12.0. The number of aromatic nitrogens is 1. The molecule has 0 radical (unpaired) electrons. The number of rotatable bonds is 5. The van der Waals surface area contributed by atoms with Gasteiger partial charge in [0, 0.05) is 12.1 Å². The van der Waals surface area contributed by atoms with E-state index in [1.165, 1.54) is 25.7 Å². The van der Waals surface area contributed by atoms with E-state index in [0.29, 0.717) is 6.54 Å². The van der Waals surface area contributed by atoms with E-state index in [1.54, 1.807) is 0 Å². The van der Waals surface area contributed by atoms with Gasteiger partial charge in [-0.2, -0.15) is 0 Å². The largest absolute Gasteiger partial charge is 0.492 e. The predicted molar refractivity (Wildman–Crippen MR) is 71.4 cm³/mol. The molecule has 1 aromatic rings. The Morgan fingerprint density at radius 3 is 2.83 bits per heavy atom. The minimum atomic E-state index is 0.651. The molecule has 18 heavy (non-hydrogen) atoms. The third-order valence-corrected chi connectivity index (χ3v) is 4.55. The summed E-state index contributed by atoms with van der Waals surface area (Å²) in [6.07, 6.45) is 8.37. The molecule has 3 rings (SSSR count). The van der Waals surface area contributed by atoms with Crippen LogP contribution in [0.5, 0.6) is 5.75 Å². The molecule has 2 fully saturated rings. The molecule has 2 N–H and O–H groups in total. The second kappa shape index (κ2) is 5.27. The van der Waals surface area contributed by atoms with Gasteiger partial charge in [0.05, 0.1) is 12.8 Å². The Morgan fingerprint density at radius 1 is 1.28 bits per heavy atom. The molecule has 3 nitrogen and oxygen atoms in total. The third-order valence-electron chi connectivity index (χ3n) is 4.55. The van der Waals surface area contributed by atoms with Gasteiger partial charge >= 0.3 is 0 Å². The van der Waals surface area contributed by atoms with Crippen LogP contribution in [0.15, 0.2) is 18.3 Å². The Morgan fingerprint density at radius 2 is 2.22 bits per heavy atom. The summed E-state index contributed by atoms with van der Waals surface area (Å²) in [5, 5.41) is 0. The summed E-state index contributed by atoms with van der Waals surface area (Å²) in [6, 6.07) is 4.04. The second-order valence-electron chi connectivity index (χ2n) is 5.77. The van der Waals surface area contributed by atoms with Gasteiger partial charge in [0.25, 0.3) is 0 Å². The van der Waals surface area contributed by atoms with Gasteiger partial charge < -0.3 is 10.5 Å². The first-order chi connectivity index (χ1) is 8.85. The number of fused-ring (bicyclic) bond motifs is 2. The quantitative estimate of drug-likeness (QED) is 0.868. The molecular weight excluding hydrogens is 224 g/mol. The maximum absolute atomic E-state index is 5.88. The van der Waals surface area contributed by atoms with E-state index in [9.17, 15) is 0 Å². The van der Waals surface area contributed by atoms with Crippen LogP contribution in [0, 0.1) is 17.8 Å². The van der Waals surface area contributed by atoms with E-state index in [4.69, 9.17) is 10.5 Å². The Hall–Kier alpha value is -1.09. The summed E-state index contributed by atoms with van der Waals surface area (Å²) < 4.78 is 5.88. The molecule has 2 saturated carbocycles. The summed E-state index contributed by atoms with van der Waals surface area (Å²) in [5.74, 6) is 3.61. The fraction of sp³-hybridized carbons (Fsp3) is 0.667. The first-order valence-corrected chi connectivity index (χ1v) is 7.13. The first-order valence-electron chi connectivity index (χ1n) is 7.13. The molecule has 0 amide bonds. The van der Waals surface area contributed by atoms with E-state index in [1.807, 2.05) is 18.3 Å². The topological polar surface area (TPSA) is 48.1 Å². The van der Waals surface area contributed by atoms with Gasteiger partial charge in [-0.15, -0.1) is 0 Å². The Bertz CT molecular complexity index is 390. The Balaban J connectivity index is 1.50. The monoisotopic (exact) mass is 246 g/mol. The molecule has 1 heterocycles. The fourth-order valence-electron chi connectivity index (χ4n) is 3.58. The van der Waals surface area contributed by atoms with Crippen molar-refractivity contribution in [3.05, 3.63) is 24.0 Å². The normalized spacial score (nSPS) is 29.7. The molecule has 2 bridgehead atoms. The molecule has 0 saturated heterocycles. The van der Waals surface area contributed by atoms with E-state index in [-0.39, 0.29) is 0 Å². The zero-order valence-corrected chi connectivity index (χ0v) is 10.8. The van der Waals surface area contributed by atoms with Crippen molar-refractivity contribution in [3.63, 3.8) is 0 Å². The average Bonchev–Trinajstić information content (AvgIpc) is 3.00. The van der Waals surface area contributed by atoms with E-state index in [2.05, 4.69) is 4.98 Å². The summed E-state index contributed by atoms with van der Waals surface area (Å²) >= 11 is 0. The SMILES string of the molecule is NCCc1ccc(OCC2CC3CCC2C3)cn1. The Kier molecular flexibility index (Phi) is 3.50. The van der Waals surface area contributed by atoms with Crippen LogP contribution < -0.4 is 10.5 Å². The summed E-state index contributed by atoms with van der Waals surface area (Å²) in [7, 11) is 0. The van der Waals surface area contributed by atoms with E-state index < -0.39 is 0 Å². The molecule has 0 aromatic carbocycles. The van der Waals surface area contributed by atoms with E-state index >= 15 is 0 Å². The number of hydrogen-bond acceptors (Lipinski definition) is 3. The van der Waals surface area contributed by atoms with Crippen molar-refractivity contribution in [2.75, 3.05) is 13.2 Å². The highest BCUT2D eigenvalue weighted by Crippen LogP contribution is 2.48. The summed E-state index contributed by atoms with van der Waals surface area (Å²) in [5.41, 5.74) is 6.55. The second-order valence-corrected chi connectivity index (χ2v) is 5.77. The molecule has 3 heteroatoms. The van der Waals surface area contributed by atoms with Crippen LogP contribution in [0.25, 0.3) is 0 Å². The zero-order chi connectivity index (χ0) is 12.4. The maximum Gasteiger partial charge on any atom is 0.137 e. The molecule has 98 valence electrons. The van der Waals surface area contributed by atoms with Gasteiger partial charge in [0.15, 0.2) is 0 Å². The molecular formula is C15H22N2O. The zero-order valence-electron chi connectivity index (χ0n) is 10.8. The number of pyridine rings is 1. The van der Waals surface area contributed by atoms with Crippen molar-refractivity contribution in [1.82, 2.24) is 4.98 Å². The van der Waals surface area contributed by atoms with Gasteiger partial charge in [-0.25, -0.2) is 0 Å². The van der Waals surface area contributed by atoms with Crippen LogP contribution >= 0.6 is 0 Å². The van der Waals surface area contributed by atoms with E-state index in [0.717, 1.165) is 42.2 Å². The van der Waals surface area contributed by atoms with Crippen LogP contribution in [-0.2, 0) is 6.42 Å². The number of nitrogens with two attached hydrogens (primary N) is 1. The van der Waals surface area contributed by atoms with Gasteiger partial charge in [-0.05, 0) is 55.7 Å². The van der Waals surface area contributed by atoms with Gasteiger partial charge in [-0.1, -0.05) is 6.42 Å². The van der Waals surface area contributed by atoms with Crippen molar-refractivity contribution in [2.45, 2.75) is 32.1 Å². The lowest BCUT2D eigenvalue weighted by Gasteiger charge is -2.21. The van der Waals surface area contributed by atoms with Gasteiger partial charge in [0.2, 0.25) is 0 Å². The van der Waals surface area contributed by atoms with Crippen molar-refractivity contribution >= 4 is 0 Å². The molecule has 3 atom stereocenters. The van der Waals surface area contributed by atoms with Crippen LogP contribution in [0.1, 0.15) is 31.4 Å². The smallest absolute Gasteiger partial charge is 0.137 e. The number of ether oxygens (including phenoxy) is 1. The van der Waals surface area contributed by atoms with Gasteiger partial charge in [-0.3, -0.25) is 4.98 Å². The van der Waals surface area contributed by atoms with Crippen molar-refractivity contribution in [3.8, 4) is 5.75 Å². The maximum atomic E-state index is 5.88. The van der Waals surface area contributed by atoms with Crippen LogP contribution in [0.2, 0.25) is 0 Å². The van der Waals surface area contributed by atoms with Crippen molar-refractivity contribution in [1.29, 1.82) is 0 Å². The highest BCUT2D eigenvalue weighted by molar-refractivity contribution is 5.20. The highest BCUT2D eigenvalue weighted by atomic mass is 16.5.